The van der Waals surface area contributed by atoms with Crippen molar-refractivity contribution in [3.8, 4) is 11.5 Å². The van der Waals surface area contributed by atoms with Gasteiger partial charge in [-0.25, -0.2) is 13.1 Å². The fourth-order valence-electron chi connectivity index (χ4n) is 2.47. The molecule has 2 aromatic rings. The lowest BCUT2D eigenvalue weighted by Crippen LogP contribution is -2.27. The highest BCUT2D eigenvalue weighted by Crippen LogP contribution is 2.31. The Hall–Kier alpha value is -2.65. The number of hydrogen-bond donors (Lipinski definition) is 1. The lowest BCUT2D eigenvalue weighted by atomic mass is 10.1. The number of nitrogens with one attached hydrogen (secondary N) is 1. The summed E-state index contributed by atoms with van der Waals surface area (Å²) in [5.74, 6) is 1.11. The van der Waals surface area contributed by atoms with Crippen LogP contribution >= 0.6 is 0 Å². The van der Waals surface area contributed by atoms with Crippen LogP contribution in [0.1, 0.15) is 32.4 Å². The minimum absolute atomic E-state index is 0.167. The lowest BCUT2D eigenvalue weighted by Gasteiger charge is -2.17. The summed E-state index contributed by atoms with van der Waals surface area (Å²) in [5.41, 5.74) is 0.390. The zero-order chi connectivity index (χ0) is 20.0. The van der Waals surface area contributed by atoms with E-state index in [1.165, 1.54) is 18.2 Å². The molecule has 0 saturated carbocycles. The van der Waals surface area contributed by atoms with E-state index in [1.807, 2.05) is 13.8 Å². The zero-order valence-electron chi connectivity index (χ0n) is 15.3. The van der Waals surface area contributed by atoms with Gasteiger partial charge in [-0.2, -0.15) is 0 Å². The first-order valence-corrected chi connectivity index (χ1v) is 9.93. The first-order chi connectivity index (χ1) is 12.8. The third-order valence-corrected chi connectivity index (χ3v) is 5.28. The highest BCUT2D eigenvalue weighted by atomic mass is 32.2. The summed E-state index contributed by atoms with van der Waals surface area (Å²) in [6, 6.07) is 9.52. The van der Waals surface area contributed by atoms with Gasteiger partial charge in [0.2, 0.25) is 10.0 Å². The summed E-state index contributed by atoms with van der Waals surface area (Å²) in [5, 5.41) is 10.9. The molecular weight excluding hydrogens is 372 g/mol. The molecule has 0 unspecified atom stereocenters. The second kappa shape index (κ2) is 8.83. The molecular formula is C18H22N2O6S. The number of benzene rings is 2. The van der Waals surface area contributed by atoms with Crippen LogP contribution in [0.25, 0.3) is 0 Å². The fourth-order valence-corrected chi connectivity index (χ4v) is 3.74. The van der Waals surface area contributed by atoms with Gasteiger partial charge < -0.3 is 9.47 Å². The van der Waals surface area contributed by atoms with Crippen molar-refractivity contribution in [1.82, 2.24) is 4.72 Å². The summed E-state index contributed by atoms with van der Waals surface area (Å²) < 4.78 is 38.8. The third-order valence-electron chi connectivity index (χ3n) is 3.74. The summed E-state index contributed by atoms with van der Waals surface area (Å²) in [4.78, 5) is 10.1. The van der Waals surface area contributed by atoms with Crippen LogP contribution in [0.3, 0.4) is 0 Å². The first kappa shape index (κ1) is 20.7. The average molecular weight is 394 g/mol. The maximum Gasteiger partial charge on any atom is 0.270 e. The maximum absolute atomic E-state index is 12.6. The van der Waals surface area contributed by atoms with Crippen molar-refractivity contribution in [3.63, 3.8) is 0 Å². The zero-order valence-corrected chi connectivity index (χ0v) is 16.2. The molecule has 1 atom stereocenters. The van der Waals surface area contributed by atoms with Crippen molar-refractivity contribution < 1.29 is 22.8 Å². The van der Waals surface area contributed by atoms with Gasteiger partial charge in [-0.15, -0.1) is 0 Å². The summed E-state index contributed by atoms with van der Waals surface area (Å²) in [7, 11) is -3.94. The molecule has 27 heavy (non-hydrogen) atoms. The second-order valence-corrected chi connectivity index (χ2v) is 7.38. The van der Waals surface area contributed by atoms with Gasteiger partial charge in [0.1, 0.15) is 0 Å². The monoisotopic (exact) mass is 394 g/mol. The number of nitrogens with zero attached hydrogens (tertiary/aromatic N) is 1. The van der Waals surface area contributed by atoms with E-state index in [0.717, 1.165) is 6.07 Å². The Morgan fingerprint density at radius 2 is 1.74 bits per heavy atom. The number of sulfonamides is 1. The minimum atomic E-state index is -3.94. The van der Waals surface area contributed by atoms with Gasteiger partial charge in [0.25, 0.3) is 5.69 Å². The Bertz CT molecular complexity index is 914. The molecule has 8 nitrogen and oxygen atoms in total. The second-order valence-electron chi connectivity index (χ2n) is 5.67. The highest BCUT2D eigenvalue weighted by molar-refractivity contribution is 7.89. The van der Waals surface area contributed by atoms with Gasteiger partial charge in [-0.1, -0.05) is 12.1 Å². The van der Waals surface area contributed by atoms with Crippen molar-refractivity contribution in [2.45, 2.75) is 31.7 Å². The molecule has 2 aromatic carbocycles. The van der Waals surface area contributed by atoms with Crippen molar-refractivity contribution in [2.75, 3.05) is 13.2 Å². The predicted molar refractivity (Wildman–Crippen MR) is 101 cm³/mol. The van der Waals surface area contributed by atoms with Crippen LogP contribution < -0.4 is 14.2 Å². The van der Waals surface area contributed by atoms with E-state index < -0.39 is 21.0 Å². The molecule has 0 bridgehead atoms. The van der Waals surface area contributed by atoms with Gasteiger partial charge in [0, 0.05) is 18.2 Å². The molecule has 0 heterocycles. The Kier molecular flexibility index (Phi) is 6.75. The van der Waals surface area contributed by atoms with Gasteiger partial charge >= 0.3 is 0 Å². The molecule has 1 N–H and O–H groups in total. The largest absolute Gasteiger partial charge is 0.490 e. The molecule has 0 fully saturated rings. The molecule has 0 radical (unpaired) electrons. The van der Waals surface area contributed by atoms with E-state index in [-0.39, 0.29) is 10.6 Å². The maximum atomic E-state index is 12.6. The third kappa shape index (κ3) is 5.18. The van der Waals surface area contributed by atoms with Crippen LogP contribution in [0, 0.1) is 10.1 Å². The predicted octanol–water partition coefficient (Wildman–Crippen LogP) is 3.43. The normalized spacial score (nSPS) is 12.4. The Balaban J connectivity index is 2.27. The Labute approximate surface area is 158 Å². The van der Waals surface area contributed by atoms with Gasteiger partial charge in [0.15, 0.2) is 11.5 Å². The number of rotatable bonds is 9. The molecule has 2 rings (SSSR count). The molecule has 0 aliphatic rings. The first-order valence-electron chi connectivity index (χ1n) is 8.44. The summed E-state index contributed by atoms with van der Waals surface area (Å²) in [6.07, 6.45) is 0. The number of hydrogen-bond acceptors (Lipinski definition) is 6. The number of non-ortho nitro benzene ring substituents is 1. The van der Waals surface area contributed by atoms with Crippen molar-refractivity contribution in [3.05, 3.63) is 58.1 Å². The smallest absolute Gasteiger partial charge is 0.270 e. The van der Waals surface area contributed by atoms with E-state index in [2.05, 4.69) is 4.72 Å². The van der Waals surface area contributed by atoms with Crippen LogP contribution in [0.4, 0.5) is 5.69 Å². The molecule has 0 saturated heterocycles. The topological polar surface area (TPSA) is 108 Å². The van der Waals surface area contributed by atoms with Crippen LogP contribution in [0.15, 0.2) is 47.4 Å². The quantitative estimate of drug-likeness (QED) is 0.516. The van der Waals surface area contributed by atoms with E-state index >= 15 is 0 Å². The SMILES string of the molecule is CCOc1ccc([C@@H](C)NS(=O)(=O)c2cccc([N+](=O)[O-])c2)cc1OCC. The minimum Gasteiger partial charge on any atom is -0.490 e. The van der Waals surface area contributed by atoms with Crippen LogP contribution in [0.2, 0.25) is 0 Å². The van der Waals surface area contributed by atoms with Gasteiger partial charge in [-0.05, 0) is 44.5 Å². The number of nitro benzene ring substituents is 1. The molecule has 146 valence electrons. The molecule has 9 heteroatoms. The van der Waals surface area contributed by atoms with E-state index in [4.69, 9.17) is 9.47 Å². The molecule has 0 aliphatic carbocycles. The molecule has 0 aliphatic heterocycles. The van der Waals surface area contributed by atoms with Crippen molar-refractivity contribution in [1.29, 1.82) is 0 Å². The number of nitro groups is 1. The van der Waals surface area contributed by atoms with E-state index in [1.54, 1.807) is 25.1 Å². The molecule has 0 amide bonds. The van der Waals surface area contributed by atoms with Crippen LogP contribution in [-0.4, -0.2) is 26.6 Å². The fraction of sp³-hybridized carbons (Fsp3) is 0.333. The number of ether oxygens (including phenoxy) is 2. The van der Waals surface area contributed by atoms with Crippen molar-refractivity contribution >= 4 is 15.7 Å². The van der Waals surface area contributed by atoms with Crippen LogP contribution in [0.5, 0.6) is 11.5 Å². The van der Waals surface area contributed by atoms with E-state index in [0.29, 0.717) is 30.3 Å². The molecule has 0 aromatic heterocycles. The average Bonchev–Trinajstić information content (AvgIpc) is 2.63. The summed E-state index contributed by atoms with van der Waals surface area (Å²) in [6.45, 7) is 6.31. The Morgan fingerprint density at radius 1 is 1.07 bits per heavy atom. The van der Waals surface area contributed by atoms with E-state index in [9.17, 15) is 18.5 Å². The Morgan fingerprint density at radius 3 is 2.37 bits per heavy atom. The van der Waals surface area contributed by atoms with Gasteiger partial charge in [0.05, 0.1) is 23.0 Å². The van der Waals surface area contributed by atoms with Crippen LogP contribution in [-0.2, 0) is 10.0 Å². The highest BCUT2D eigenvalue weighted by Gasteiger charge is 2.21. The lowest BCUT2D eigenvalue weighted by molar-refractivity contribution is -0.385. The summed E-state index contributed by atoms with van der Waals surface area (Å²) >= 11 is 0. The van der Waals surface area contributed by atoms with Crippen molar-refractivity contribution in [2.24, 2.45) is 0 Å². The van der Waals surface area contributed by atoms with Gasteiger partial charge in [-0.3, -0.25) is 10.1 Å². The molecule has 0 spiro atoms. The standard InChI is InChI=1S/C18H22N2O6S/c1-4-25-17-10-9-14(11-18(17)26-5-2)13(3)19-27(23,24)16-8-6-7-15(12-16)20(21)22/h6-13,19H,4-5H2,1-3H3/t13-/m1/s1.